The van der Waals surface area contributed by atoms with Gasteiger partial charge >= 0.3 is 11.9 Å². The molecule has 0 saturated heterocycles. The van der Waals surface area contributed by atoms with Crippen molar-refractivity contribution in [1.29, 1.82) is 0 Å². The molecule has 3 aromatic rings. The molecule has 3 aromatic heterocycles. The number of amides is 1. The zero-order chi connectivity index (χ0) is 22.0. The number of thioether (sulfide) groups is 1. The van der Waals surface area contributed by atoms with Crippen LogP contribution in [0.3, 0.4) is 0 Å². The quantitative estimate of drug-likeness (QED) is 0.419. The lowest BCUT2D eigenvalue weighted by Gasteiger charge is -2.16. The van der Waals surface area contributed by atoms with Crippen LogP contribution in [0.4, 0.5) is 5.95 Å². The number of hydrogen-bond acceptors (Lipinski definition) is 11. The molecule has 158 valence electrons. The Bertz CT molecular complexity index is 1220. The lowest BCUT2D eigenvalue weighted by atomic mass is 10.3. The number of anilines is 1. The average Bonchev–Trinajstić information content (AvgIpc) is 3.00. The summed E-state index contributed by atoms with van der Waals surface area (Å²) in [4.78, 5) is 63.5. The van der Waals surface area contributed by atoms with Gasteiger partial charge in [-0.3, -0.25) is 29.5 Å². The second-order valence-electron chi connectivity index (χ2n) is 6.05. The molecule has 0 spiro atoms. The number of esters is 2. The number of carbonyl (C=O) groups is 3. The van der Waals surface area contributed by atoms with Crippen LogP contribution >= 0.6 is 23.1 Å². The largest absolute Gasteiger partial charge is 0.462 e. The van der Waals surface area contributed by atoms with Crippen molar-refractivity contribution in [2.45, 2.75) is 31.8 Å². The first kappa shape index (κ1) is 21.6. The fourth-order valence-corrected chi connectivity index (χ4v) is 4.75. The minimum atomic E-state index is -0.848. The third-order valence-electron chi connectivity index (χ3n) is 3.69. The summed E-state index contributed by atoms with van der Waals surface area (Å²) in [5, 5.41) is 2.40. The maximum Gasteiger partial charge on any atom is 0.303 e. The standard InChI is InChI=1S/C17H17N5O6S2/c1-6(23)18-17-21-14-11(15(26)22-17)19-10-13(29-4)12(30-16(10)20-14)9(28-8(3)25)5-27-7(2)24/h9H,5H2,1-4H3,(H2,18,20,21,22,23,26). The van der Waals surface area contributed by atoms with Gasteiger partial charge in [0.25, 0.3) is 5.56 Å². The summed E-state index contributed by atoms with van der Waals surface area (Å²) in [6.45, 7) is 3.63. The van der Waals surface area contributed by atoms with Crippen molar-refractivity contribution in [1.82, 2.24) is 19.9 Å². The van der Waals surface area contributed by atoms with E-state index in [4.69, 9.17) is 9.47 Å². The molecule has 0 aliphatic heterocycles. The van der Waals surface area contributed by atoms with E-state index in [0.717, 1.165) is 0 Å². The Morgan fingerprint density at radius 2 is 1.87 bits per heavy atom. The van der Waals surface area contributed by atoms with Gasteiger partial charge in [0, 0.05) is 20.8 Å². The van der Waals surface area contributed by atoms with Gasteiger partial charge in [-0.15, -0.1) is 23.1 Å². The van der Waals surface area contributed by atoms with E-state index in [9.17, 15) is 19.2 Å². The molecule has 0 aliphatic carbocycles. The van der Waals surface area contributed by atoms with Crippen molar-refractivity contribution in [2.24, 2.45) is 0 Å². The number of nitrogens with zero attached hydrogens (tertiary/aromatic N) is 3. The summed E-state index contributed by atoms with van der Waals surface area (Å²) in [6, 6.07) is 0. The molecule has 0 aromatic carbocycles. The number of aromatic nitrogens is 4. The Labute approximate surface area is 177 Å². The van der Waals surface area contributed by atoms with Crippen LogP contribution in [-0.2, 0) is 23.9 Å². The Morgan fingerprint density at radius 1 is 1.13 bits per heavy atom. The molecule has 0 radical (unpaired) electrons. The molecule has 1 atom stereocenters. The number of thiophene rings is 1. The average molecular weight is 451 g/mol. The van der Waals surface area contributed by atoms with Crippen LogP contribution in [0.15, 0.2) is 9.69 Å². The Hall–Kier alpha value is -3.06. The summed E-state index contributed by atoms with van der Waals surface area (Å²) in [5.41, 5.74) is -0.0660. The van der Waals surface area contributed by atoms with Crippen molar-refractivity contribution in [2.75, 3.05) is 18.2 Å². The van der Waals surface area contributed by atoms with Gasteiger partial charge in [0.05, 0.1) is 9.77 Å². The highest BCUT2D eigenvalue weighted by Crippen LogP contribution is 2.40. The smallest absolute Gasteiger partial charge is 0.303 e. The van der Waals surface area contributed by atoms with Gasteiger partial charge in [-0.25, -0.2) is 9.97 Å². The second kappa shape index (κ2) is 8.75. The van der Waals surface area contributed by atoms with Crippen LogP contribution in [0.1, 0.15) is 31.8 Å². The molecule has 11 nitrogen and oxygen atoms in total. The third kappa shape index (κ3) is 4.57. The number of rotatable bonds is 6. The normalized spacial score (nSPS) is 12.0. The number of aromatic amines is 1. The van der Waals surface area contributed by atoms with Gasteiger partial charge in [0.15, 0.2) is 17.3 Å². The van der Waals surface area contributed by atoms with Crippen molar-refractivity contribution in [3.8, 4) is 0 Å². The monoisotopic (exact) mass is 451 g/mol. The number of carbonyl (C=O) groups excluding carboxylic acids is 3. The zero-order valence-corrected chi connectivity index (χ0v) is 18.0. The van der Waals surface area contributed by atoms with Crippen molar-refractivity contribution in [3.63, 3.8) is 0 Å². The van der Waals surface area contributed by atoms with Crippen LogP contribution in [-0.4, -0.2) is 50.6 Å². The highest BCUT2D eigenvalue weighted by Gasteiger charge is 2.26. The van der Waals surface area contributed by atoms with Gasteiger partial charge in [0.1, 0.15) is 17.0 Å². The molecule has 30 heavy (non-hydrogen) atoms. The zero-order valence-electron chi connectivity index (χ0n) is 16.4. The lowest BCUT2D eigenvalue weighted by Crippen LogP contribution is -2.17. The maximum atomic E-state index is 12.4. The molecule has 0 saturated carbocycles. The predicted octanol–water partition coefficient (Wildman–Crippen LogP) is 1.78. The topological polar surface area (TPSA) is 153 Å². The van der Waals surface area contributed by atoms with Crippen LogP contribution in [0.2, 0.25) is 0 Å². The fourth-order valence-electron chi connectivity index (χ4n) is 2.62. The van der Waals surface area contributed by atoms with Gasteiger partial charge in [-0.05, 0) is 6.26 Å². The van der Waals surface area contributed by atoms with Crippen molar-refractivity contribution in [3.05, 3.63) is 15.2 Å². The second-order valence-corrected chi connectivity index (χ2v) is 7.89. The summed E-state index contributed by atoms with van der Waals surface area (Å²) in [6.07, 6.45) is 0.953. The van der Waals surface area contributed by atoms with E-state index in [1.807, 2.05) is 0 Å². The summed E-state index contributed by atoms with van der Waals surface area (Å²) in [5.74, 6) is -1.49. The summed E-state index contributed by atoms with van der Waals surface area (Å²) in [7, 11) is 0. The summed E-state index contributed by atoms with van der Waals surface area (Å²) >= 11 is 2.52. The van der Waals surface area contributed by atoms with Crippen LogP contribution in [0.25, 0.3) is 21.5 Å². The minimum absolute atomic E-state index is 0.000254. The van der Waals surface area contributed by atoms with Gasteiger partial charge in [-0.1, -0.05) is 0 Å². The maximum absolute atomic E-state index is 12.4. The molecular formula is C17H17N5O6S2. The number of fused-ring (bicyclic) bond motifs is 2. The molecule has 1 unspecified atom stereocenters. The van der Waals surface area contributed by atoms with Gasteiger partial charge in [-0.2, -0.15) is 4.98 Å². The molecule has 3 rings (SSSR count). The van der Waals surface area contributed by atoms with Crippen LogP contribution < -0.4 is 10.9 Å². The van der Waals surface area contributed by atoms with Crippen molar-refractivity contribution < 1.29 is 23.9 Å². The molecule has 2 N–H and O–H groups in total. The molecule has 3 heterocycles. The Kier molecular flexibility index (Phi) is 6.31. The summed E-state index contributed by atoms with van der Waals surface area (Å²) < 4.78 is 10.4. The minimum Gasteiger partial charge on any atom is -0.462 e. The van der Waals surface area contributed by atoms with Gasteiger partial charge in [0.2, 0.25) is 11.9 Å². The van der Waals surface area contributed by atoms with E-state index in [1.54, 1.807) is 6.26 Å². The van der Waals surface area contributed by atoms with E-state index in [2.05, 4.69) is 25.3 Å². The Morgan fingerprint density at radius 3 is 2.47 bits per heavy atom. The van der Waals surface area contributed by atoms with Crippen LogP contribution in [0.5, 0.6) is 0 Å². The fraction of sp³-hybridized carbons (Fsp3) is 0.353. The number of nitrogens with one attached hydrogen (secondary N) is 2. The van der Waals surface area contributed by atoms with E-state index in [1.165, 1.54) is 43.9 Å². The third-order valence-corrected chi connectivity index (χ3v) is 5.81. The number of hydrogen-bond donors (Lipinski definition) is 2. The molecule has 0 bridgehead atoms. The SMILES string of the molecule is CSc1c(C(COC(C)=O)OC(C)=O)sc2nc3nc(NC(C)=O)[nH]c(=O)c3nc12. The van der Waals surface area contributed by atoms with E-state index in [-0.39, 0.29) is 23.7 Å². The highest BCUT2D eigenvalue weighted by molar-refractivity contribution is 7.99. The lowest BCUT2D eigenvalue weighted by molar-refractivity contribution is -0.156. The van der Waals surface area contributed by atoms with Crippen molar-refractivity contribution >= 4 is 68.4 Å². The molecule has 0 fully saturated rings. The molecule has 1 amide bonds. The predicted molar refractivity (Wildman–Crippen MR) is 111 cm³/mol. The first-order valence-corrected chi connectivity index (χ1v) is 10.6. The molecule has 0 aliphatic rings. The van der Waals surface area contributed by atoms with Crippen LogP contribution in [0, 0.1) is 0 Å². The Balaban J connectivity index is 2.17. The van der Waals surface area contributed by atoms with Gasteiger partial charge < -0.3 is 9.47 Å². The number of H-pyrrole nitrogens is 1. The number of ether oxygens (including phenoxy) is 2. The van der Waals surface area contributed by atoms with E-state index >= 15 is 0 Å². The highest BCUT2D eigenvalue weighted by atomic mass is 32.2. The first-order valence-electron chi connectivity index (χ1n) is 8.56. The molecular weight excluding hydrogens is 434 g/mol. The van der Waals surface area contributed by atoms with E-state index < -0.39 is 29.5 Å². The first-order chi connectivity index (χ1) is 14.2. The molecule has 13 heteroatoms. The van der Waals surface area contributed by atoms with E-state index in [0.29, 0.717) is 20.1 Å².